The van der Waals surface area contributed by atoms with Gasteiger partial charge in [-0.05, 0) is 17.5 Å². The molecule has 0 radical (unpaired) electrons. The van der Waals surface area contributed by atoms with Gasteiger partial charge in [-0.2, -0.15) is 0 Å². The monoisotopic (exact) mass is 290 g/mol. The van der Waals surface area contributed by atoms with Gasteiger partial charge in [-0.15, -0.1) is 0 Å². The fourth-order valence-electron chi connectivity index (χ4n) is 2.83. The van der Waals surface area contributed by atoms with Gasteiger partial charge in [0, 0.05) is 26.2 Å². The minimum atomic E-state index is -0.435. The minimum Gasteiger partial charge on any atom is -0.376 e. The summed E-state index contributed by atoms with van der Waals surface area (Å²) in [5.41, 5.74) is 2.85. The maximum atomic E-state index is 11.8. The molecule has 1 fully saturated rings. The number of hydrogen-bond acceptors (Lipinski definition) is 4. The fourth-order valence-corrected chi connectivity index (χ4v) is 2.83. The van der Waals surface area contributed by atoms with Crippen LogP contribution in [0.5, 0.6) is 0 Å². The molecule has 5 nitrogen and oxygen atoms in total. The van der Waals surface area contributed by atoms with Crippen molar-refractivity contribution in [1.29, 1.82) is 0 Å². The number of benzene rings is 1. The lowest BCUT2D eigenvalue weighted by molar-refractivity contribution is -0.147. The second-order valence-corrected chi connectivity index (χ2v) is 5.56. The highest BCUT2D eigenvalue weighted by atomic mass is 16.6. The molecule has 21 heavy (non-hydrogen) atoms. The van der Waals surface area contributed by atoms with Crippen molar-refractivity contribution in [2.45, 2.75) is 25.6 Å². The van der Waals surface area contributed by atoms with Crippen molar-refractivity contribution >= 4 is 5.91 Å². The quantitative estimate of drug-likeness (QED) is 0.820. The molecule has 1 amide bonds. The van der Waals surface area contributed by atoms with E-state index in [1.807, 2.05) is 0 Å². The van der Waals surface area contributed by atoms with Crippen LogP contribution in [-0.4, -0.2) is 49.8 Å². The van der Waals surface area contributed by atoms with Gasteiger partial charge in [0.1, 0.15) is 0 Å². The van der Waals surface area contributed by atoms with Crippen LogP contribution in [-0.2, 0) is 27.4 Å². The third-order valence-corrected chi connectivity index (χ3v) is 3.97. The van der Waals surface area contributed by atoms with Crippen molar-refractivity contribution in [3.05, 3.63) is 35.4 Å². The van der Waals surface area contributed by atoms with Crippen LogP contribution < -0.4 is 5.32 Å². The Balaban J connectivity index is 1.33. The van der Waals surface area contributed by atoms with E-state index in [1.165, 1.54) is 11.1 Å². The molecule has 1 aromatic rings. The molecule has 0 bridgehead atoms. The Labute approximate surface area is 125 Å². The number of carbonyl (C=O) groups is 1. The van der Waals surface area contributed by atoms with E-state index >= 15 is 0 Å². The minimum absolute atomic E-state index is 0.0561. The van der Waals surface area contributed by atoms with Gasteiger partial charge < -0.3 is 14.8 Å². The average Bonchev–Trinajstić information content (AvgIpc) is 2.95. The molecule has 1 unspecified atom stereocenters. The van der Waals surface area contributed by atoms with Gasteiger partial charge in [-0.25, -0.2) is 0 Å². The standard InChI is InChI=1S/C16H22N2O3/c19-16(15-12-20-8-9-21-15)17-6-3-7-18-10-13-4-1-2-5-14(13)11-18/h1-2,4-5,15H,3,6-12H2,(H,17,19). The lowest BCUT2D eigenvalue weighted by Crippen LogP contribution is -2.43. The number of carbonyl (C=O) groups excluding carboxylic acids is 1. The van der Waals surface area contributed by atoms with E-state index in [-0.39, 0.29) is 5.91 Å². The largest absolute Gasteiger partial charge is 0.376 e. The van der Waals surface area contributed by atoms with Crippen molar-refractivity contribution < 1.29 is 14.3 Å². The zero-order valence-electron chi connectivity index (χ0n) is 12.2. The average molecular weight is 290 g/mol. The van der Waals surface area contributed by atoms with Crippen molar-refractivity contribution in [1.82, 2.24) is 10.2 Å². The summed E-state index contributed by atoms with van der Waals surface area (Å²) in [6.45, 7) is 5.17. The lowest BCUT2D eigenvalue weighted by Gasteiger charge is -2.22. The van der Waals surface area contributed by atoms with Gasteiger partial charge in [-0.3, -0.25) is 9.69 Å². The Kier molecular flexibility index (Phi) is 4.85. The van der Waals surface area contributed by atoms with Crippen molar-refractivity contribution in [2.24, 2.45) is 0 Å². The number of ether oxygens (including phenoxy) is 2. The summed E-state index contributed by atoms with van der Waals surface area (Å²) >= 11 is 0. The third-order valence-electron chi connectivity index (χ3n) is 3.97. The van der Waals surface area contributed by atoms with E-state index in [9.17, 15) is 4.79 Å². The first-order valence-corrected chi connectivity index (χ1v) is 7.59. The van der Waals surface area contributed by atoms with Crippen LogP contribution in [0.25, 0.3) is 0 Å². The number of hydrogen-bond donors (Lipinski definition) is 1. The molecule has 0 saturated carbocycles. The zero-order chi connectivity index (χ0) is 14.5. The second-order valence-electron chi connectivity index (χ2n) is 5.56. The number of amides is 1. The maximum Gasteiger partial charge on any atom is 0.251 e. The molecule has 2 aliphatic heterocycles. The molecule has 1 saturated heterocycles. The molecule has 1 atom stereocenters. The van der Waals surface area contributed by atoms with Gasteiger partial charge in [-0.1, -0.05) is 24.3 Å². The summed E-state index contributed by atoms with van der Waals surface area (Å²) in [6.07, 6.45) is 0.516. The van der Waals surface area contributed by atoms with Crippen LogP contribution in [0.4, 0.5) is 0 Å². The Morgan fingerprint density at radius 3 is 2.67 bits per heavy atom. The molecule has 3 rings (SSSR count). The molecule has 1 aromatic carbocycles. The van der Waals surface area contributed by atoms with E-state index in [0.717, 1.165) is 26.1 Å². The predicted octanol–water partition coefficient (Wildman–Crippen LogP) is 0.924. The molecular formula is C16H22N2O3. The number of fused-ring (bicyclic) bond motifs is 1. The smallest absolute Gasteiger partial charge is 0.251 e. The molecule has 0 aliphatic carbocycles. The molecule has 0 aromatic heterocycles. The van der Waals surface area contributed by atoms with E-state index < -0.39 is 6.10 Å². The van der Waals surface area contributed by atoms with Gasteiger partial charge in [0.05, 0.1) is 19.8 Å². The topological polar surface area (TPSA) is 50.8 Å². The van der Waals surface area contributed by atoms with Crippen LogP contribution in [0.15, 0.2) is 24.3 Å². The third kappa shape index (κ3) is 3.81. The summed E-state index contributed by atoms with van der Waals surface area (Å²) in [6, 6.07) is 8.57. The Hall–Kier alpha value is -1.43. The van der Waals surface area contributed by atoms with Crippen LogP contribution in [0.3, 0.4) is 0 Å². The number of rotatable bonds is 5. The summed E-state index contributed by atoms with van der Waals surface area (Å²) in [7, 11) is 0. The SMILES string of the molecule is O=C(NCCCN1Cc2ccccc2C1)C1COCCO1. The molecule has 0 spiro atoms. The maximum absolute atomic E-state index is 11.8. The summed E-state index contributed by atoms with van der Waals surface area (Å²) in [4.78, 5) is 14.3. The highest BCUT2D eigenvalue weighted by molar-refractivity contribution is 5.80. The molecule has 1 N–H and O–H groups in total. The normalized spacial score (nSPS) is 22.0. The van der Waals surface area contributed by atoms with Crippen LogP contribution in [0.2, 0.25) is 0 Å². The molecule has 114 valence electrons. The lowest BCUT2D eigenvalue weighted by atomic mass is 10.1. The van der Waals surface area contributed by atoms with Crippen molar-refractivity contribution in [2.75, 3.05) is 32.9 Å². The Morgan fingerprint density at radius 2 is 2.00 bits per heavy atom. The second kappa shape index (κ2) is 7.02. The Bertz CT molecular complexity index is 461. The molecule has 2 aliphatic rings. The first-order valence-electron chi connectivity index (χ1n) is 7.59. The van der Waals surface area contributed by atoms with Gasteiger partial charge in [0.15, 0.2) is 6.10 Å². The van der Waals surface area contributed by atoms with E-state index in [1.54, 1.807) is 0 Å². The molecule has 2 heterocycles. The highest BCUT2D eigenvalue weighted by Crippen LogP contribution is 2.21. The van der Waals surface area contributed by atoms with Gasteiger partial charge >= 0.3 is 0 Å². The van der Waals surface area contributed by atoms with E-state index in [2.05, 4.69) is 34.5 Å². The Morgan fingerprint density at radius 1 is 1.24 bits per heavy atom. The zero-order valence-corrected chi connectivity index (χ0v) is 12.2. The van der Waals surface area contributed by atoms with Crippen molar-refractivity contribution in [3.8, 4) is 0 Å². The summed E-state index contributed by atoms with van der Waals surface area (Å²) < 4.78 is 10.6. The van der Waals surface area contributed by atoms with E-state index in [4.69, 9.17) is 9.47 Å². The van der Waals surface area contributed by atoms with Gasteiger partial charge in [0.2, 0.25) is 0 Å². The fraction of sp³-hybridized carbons (Fsp3) is 0.562. The van der Waals surface area contributed by atoms with Gasteiger partial charge in [0.25, 0.3) is 5.91 Å². The van der Waals surface area contributed by atoms with Crippen LogP contribution in [0.1, 0.15) is 17.5 Å². The van der Waals surface area contributed by atoms with Crippen molar-refractivity contribution in [3.63, 3.8) is 0 Å². The number of nitrogens with zero attached hydrogens (tertiary/aromatic N) is 1. The van der Waals surface area contributed by atoms with E-state index in [0.29, 0.717) is 26.4 Å². The molecular weight excluding hydrogens is 268 g/mol. The predicted molar refractivity (Wildman–Crippen MR) is 78.7 cm³/mol. The number of nitrogens with one attached hydrogen (secondary N) is 1. The van der Waals surface area contributed by atoms with Crippen LogP contribution >= 0.6 is 0 Å². The highest BCUT2D eigenvalue weighted by Gasteiger charge is 2.22. The first kappa shape index (κ1) is 14.5. The first-order chi connectivity index (χ1) is 10.3. The van der Waals surface area contributed by atoms with Crippen LogP contribution in [0, 0.1) is 0 Å². The molecule has 5 heteroatoms. The summed E-state index contributed by atoms with van der Waals surface area (Å²) in [5, 5.41) is 2.93. The summed E-state index contributed by atoms with van der Waals surface area (Å²) in [5.74, 6) is -0.0561.